The largest absolute Gasteiger partial charge is 0.381 e. The Hall–Kier alpha value is -3.00. The van der Waals surface area contributed by atoms with Crippen molar-refractivity contribution < 1.29 is 4.84 Å². The zero-order valence-corrected chi connectivity index (χ0v) is 11.8. The second kappa shape index (κ2) is 4.25. The number of hydrogen-bond donors (Lipinski definition) is 1. The van der Waals surface area contributed by atoms with Gasteiger partial charge in [-0.15, -0.1) is 0 Å². The molecule has 0 saturated heterocycles. The van der Waals surface area contributed by atoms with Crippen molar-refractivity contribution in [3.05, 3.63) is 72.8 Å². The molecule has 0 amide bonds. The molecule has 104 valence electrons. The maximum atomic E-state index is 5.82. The highest BCUT2D eigenvalue weighted by atomic mass is 16.6. The highest BCUT2D eigenvalue weighted by Gasteiger charge is 2.21. The summed E-state index contributed by atoms with van der Waals surface area (Å²) in [6.45, 7) is 0. The summed E-state index contributed by atoms with van der Waals surface area (Å²) in [5, 5.41) is 4.84. The van der Waals surface area contributed by atoms with Crippen molar-refractivity contribution in [2.45, 2.75) is 0 Å². The molecular weight excluding hydrogens is 270 g/mol. The van der Waals surface area contributed by atoms with E-state index in [-0.39, 0.29) is 0 Å². The molecule has 2 nitrogen and oxygen atoms in total. The Kier molecular flexibility index (Phi) is 2.25. The van der Waals surface area contributed by atoms with Crippen LogP contribution in [0.25, 0.3) is 32.7 Å². The van der Waals surface area contributed by atoms with Gasteiger partial charge in [0.25, 0.3) is 0 Å². The van der Waals surface area contributed by atoms with Gasteiger partial charge < -0.3 is 4.84 Å². The van der Waals surface area contributed by atoms with Gasteiger partial charge in [0, 0.05) is 16.5 Å². The van der Waals surface area contributed by atoms with Crippen LogP contribution in [0.5, 0.6) is 5.75 Å². The first-order chi connectivity index (χ1) is 10.9. The zero-order valence-electron chi connectivity index (χ0n) is 11.8. The molecule has 0 spiro atoms. The van der Waals surface area contributed by atoms with Gasteiger partial charge in [0.2, 0.25) is 0 Å². The fraction of sp³-hybridized carbons (Fsp3) is 0. The summed E-state index contributed by atoms with van der Waals surface area (Å²) in [7, 11) is 0. The van der Waals surface area contributed by atoms with Crippen molar-refractivity contribution in [2.75, 3.05) is 5.48 Å². The third-order valence-corrected chi connectivity index (χ3v) is 4.35. The van der Waals surface area contributed by atoms with E-state index in [1.165, 1.54) is 27.1 Å². The van der Waals surface area contributed by atoms with E-state index in [2.05, 4.69) is 72.2 Å². The van der Waals surface area contributed by atoms with Gasteiger partial charge in [0.1, 0.15) is 0 Å². The lowest BCUT2D eigenvalue weighted by Gasteiger charge is -2.24. The maximum absolute atomic E-state index is 5.82. The van der Waals surface area contributed by atoms with E-state index in [9.17, 15) is 0 Å². The van der Waals surface area contributed by atoms with Crippen molar-refractivity contribution in [3.63, 3.8) is 0 Å². The van der Waals surface area contributed by atoms with E-state index in [0.717, 1.165) is 17.0 Å². The molecule has 22 heavy (non-hydrogen) atoms. The summed E-state index contributed by atoms with van der Waals surface area (Å²) in [6, 6.07) is 25.3. The summed E-state index contributed by atoms with van der Waals surface area (Å²) in [4.78, 5) is 5.82. The van der Waals surface area contributed by atoms with E-state index in [1.807, 2.05) is 6.07 Å². The van der Waals surface area contributed by atoms with Crippen LogP contribution < -0.4 is 10.3 Å². The van der Waals surface area contributed by atoms with Gasteiger partial charge in [0.15, 0.2) is 5.75 Å². The van der Waals surface area contributed by atoms with E-state index in [4.69, 9.17) is 4.84 Å². The lowest BCUT2D eigenvalue weighted by molar-refractivity contribution is 0.404. The summed E-state index contributed by atoms with van der Waals surface area (Å²) < 4.78 is 0. The fourth-order valence-corrected chi connectivity index (χ4v) is 3.31. The molecule has 1 N–H and O–H groups in total. The number of hydrogen-bond acceptors (Lipinski definition) is 2. The van der Waals surface area contributed by atoms with Crippen LogP contribution >= 0.6 is 0 Å². The number of benzene rings is 4. The van der Waals surface area contributed by atoms with Crippen molar-refractivity contribution in [2.24, 2.45) is 0 Å². The Morgan fingerprint density at radius 3 is 2.18 bits per heavy atom. The summed E-state index contributed by atoms with van der Waals surface area (Å²) in [5.74, 6) is 0.876. The molecule has 0 saturated carbocycles. The normalized spacial score (nSPS) is 12.4. The molecule has 2 heteroatoms. The number of fused-ring (bicyclic) bond motifs is 7. The van der Waals surface area contributed by atoms with E-state index < -0.39 is 0 Å². The van der Waals surface area contributed by atoms with Gasteiger partial charge in [0.05, 0.1) is 5.69 Å². The average molecular weight is 283 g/mol. The van der Waals surface area contributed by atoms with E-state index >= 15 is 0 Å². The van der Waals surface area contributed by atoms with Crippen LogP contribution in [0, 0.1) is 0 Å². The Morgan fingerprint density at radius 2 is 1.32 bits per heavy atom. The molecular formula is C20H13NO. The zero-order chi connectivity index (χ0) is 14.5. The smallest absolute Gasteiger partial charge is 0.163 e. The SMILES string of the molecule is c1ccc2c3c(ccc2c1)-c1c(ccc2ccccc12)ON3. The molecule has 1 heterocycles. The van der Waals surface area contributed by atoms with Crippen molar-refractivity contribution in [1.29, 1.82) is 0 Å². The van der Waals surface area contributed by atoms with Gasteiger partial charge in [-0.2, -0.15) is 0 Å². The maximum Gasteiger partial charge on any atom is 0.163 e. The highest BCUT2D eigenvalue weighted by molar-refractivity contribution is 6.09. The van der Waals surface area contributed by atoms with E-state index in [0.29, 0.717) is 0 Å². The van der Waals surface area contributed by atoms with Crippen molar-refractivity contribution >= 4 is 27.2 Å². The van der Waals surface area contributed by atoms with Gasteiger partial charge in [-0.25, -0.2) is 5.48 Å². The van der Waals surface area contributed by atoms with Gasteiger partial charge in [-0.3, -0.25) is 0 Å². The molecule has 4 aromatic rings. The molecule has 0 unspecified atom stereocenters. The minimum atomic E-state index is 0.876. The second-order valence-corrected chi connectivity index (χ2v) is 5.57. The van der Waals surface area contributed by atoms with Crippen LogP contribution in [0.3, 0.4) is 0 Å². The topological polar surface area (TPSA) is 21.3 Å². The lowest BCUT2D eigenvalue weighted by Crippen LogP contribution is -2.12. The molecule has 0 bridgehead atoms. The first-order valence-electron chi connectivity index (χ1n) is 7.38. The lowest BCUT2D eigenvalue weighted by atomic mass is 9.93. The van der Waals surface area contributed by atoms with Crippen LogP contribution in [-0.4, -0.2) is 0 Å². The van der Waals surface area contributed by atoms with Gasteiger partial charge in [-0.1, -0.05) is 66.7 Å². The van der Waals surface area contributed by atoms with Gasteiger partial charge >= 0.3 is 0 Å². The van der Waals surface area contributed by atoms with Gasteiger partial charge in [-0.05, 0) is 22.2 Å². The first-order valence-corrected chi connectivity index (χ1v) is 7.38. The molecule has 0 radical (unpaired) electrons. The van der Waals surface area contributed by atoms with Crippen LogP contribution in [0.15, 0.2) is 72.8 Å². The fourth-order valence-electron chi connectivity index (χ4n) is 3.31. The Bertz CT molecular complexity index is 1040. The predicted octanol–water partition coefficient (Wildman–Crippen LogP) is 5.38. The third-order valence-electron chi connectivity index (χ3n) is 4.35. The molecule has 0 aromatic heterocycles. The summed E-state index contributed by atoms with van der Waals surface area (Å²) in [6.07, 6.45) is 0. The highest BCUT2D eigenvalue weighted by Crippen LogP contribution is 2.45. The van der Waals surface area contributed by atoms with Crippen LogP contribution in [0.1, 0.15) is 0 Å². The van der Waals surface area contributed by atoms with Crippen LogP contribution in [0.4, 0.5) is 5.69 Å². The molecule has 5 rings (SSSR count). The minimum absolute atomic E-state index is 0.876. The Balaban J connectivity index is 1.93. The number of nitrogens with one attached hydrogen (secondary N) is 1. The third kappa shape index (κ3) is 1.49. The Labute approximate surface area is 127 Å². The predicted molar refractivity (Wildman–Crippen MR) is 91.1 cm³/mol. The molecule has 1 aliphatic heterocycles. The standard InChI is InChI=1S/C20H13NO/c1-3-7-15-13(5-1)10-12-18-19(15)17-11-9-14-6-2-4-8-16(14)20(17)21-22-18/h1-12,21H. The number of anilines is 1. The molecule has 0 atom stereocenters. The average Bonchev–Trinajstić information content (AvgIpc) is 2.60. The quantitative estimate of drug-likeness (QED) is 0.468. The molecule has 4 aromatic carbocycles. The summed E-state index contributed by atoms with van der Waals surface area (Å²) >= 11 is 0. The first kappa shape index (κ1) is 11.6. The molecule has 0 fully saturated rings. The Morgan fingerprint density at radius 1 is 0.636 bits per heavy atom. The monoisotopic (exact) mass is 283 g/mol. The van der Waals surface area contributed by atoms with Crippen LogP contribution in [0.2, 0.25) is 0 Å². The number of rotatable bonds is 0. The second-order valence-electron chi connectivity index (χ2n) is 5.57. The van der Waals surface area contributed by atoms with Crippen LogP contribution in [-0.2, 0) is 0 Å². The minimum Gasteiger partial charge on any atom is -0.381 e. The van der Waals surface area contributed by atoms with Crippen molar-refractivity contribution in [1.82, 2.24) is 0 Å². The molecule has 0 aliphatic carbocycles. The van der Waals surface area contributed by atoms with Crippen molar-refractivity contribution in [3.8, 4) is 16.9 Å². The summed E-state index contributed by atoms with van der Waals surface area (Å²) in [5.41, 5.74) is 6.53. The molecule has 1 aliphatic rings. The van der Waals surface area contributed by atoms with E-state index in [1.54, 1.807) is 0 Å².